The van der Waals surface area contributed by atoms with E-state index < -0.39 is 0 Å². The molecule has 138 valence electrons. The second-order valence-corrected chi connectivity index (χ2v) is 6.97. The summed E-state index contributed by atoms with van der Waals surface area (Å²) in [4.78, 5) is 14.5. The molecule has 2 N–H and O–H groups in total. The average molecular weight is 347 g/mol. The molecular formula is C19H29N3O3. The lowest BCUT2D eigenvalue weighted by Crippen LogP contribution is -2.37. The zero-order valence-corrected chi connectivity index (χ0v) is 15.2. The molecule has 1 aromatic carbocycles. The molecule has 3 rings (SSSR count). The summed E-state index contributed by atoms with van der Waals surface area (Å²) in [5, 5.41) is 6.55. The molecule has 2 aliphatic heterocycles. The Kier molecular flexibility index (Phi) is 6.02. The Morgan fingerprint density at radius 3 is 2.64 bits per heavy atom. The first-order chi connectivity index (χ1) is 12.2. The van der Waals surface area contributed by atoms with Crippen LogP contribution in [0.1, 0.15) is 25.7 Å². The van der Waals surface area contributed by atoms with Gasteiger partial charge in [0.2, 0.25) is 5.91 Å². The number of hydrogen-bond acceptors (Lipinski definition) is 5. The molecule has 2 unspecified atom stereocenters. The van der Waals surface area contributed by atoms with Gasteiger partial charge in [-0.1, -0.05) is 0 Å². The molecule has 0 saturated carbocycles. The van der Waals surface area contributed by atoms with E-state index in [2.05, 4.69) is 15.5 Å². The van der Waals surface area contributed by atoms with Crippen LogP contribution in [0.5, 0.6) is 11.5 Å². The third-order valence-electron chi connectivity index (χ3n) is 5.20. The van der Waals surface area contributed by atoms with Crippen molar-refractivity contribution in [1.29, 1.82) is 0 Å². The molecule has 0 bridgehead atoms. The molecule has 6 heteroatoms. The number of benzene rings is 1. The molecule has 0 aromatic heterocycles. The van der Waals surface area contributed by atoms with Gasteiger partial charge in [-0.25, -0.2) is 0 Å². The minimum absolute atomic E-state index is 0.182. The van der Waals surface area contributed by atoms with Crippen LogP contribution in [-0.4, -0.2) is 52.3 Å². The van der Waals surface area contributed by atoms with Gasteiger partial charge < -0.3 is 25.0 Å². The highest BCUT2D eigenvalue weighted by Gasteiger charge is 2.25. The fraction of sp³-hybridized carbons (Fsp3) is 0.632. The summed E-state index contributed by atoms with van der Waals surface area (Å²) in [6, 6.07) is 6.11. The lowest BCUT2D eigenvalue weighted by molar-refractivity contribution is -0.121. The molecule has 0 aliphatic carbocycles. The van der Waals surface area contributed by atoms with Crippen LogP contribution in [0.15, 0.2) is 18.2 Å². The molecule has 2 saturated heterocycles. The van der Waals surface area contributed by atoms with Gasteiger partial charge in [-0.05, 0) is 38.3 Å². The second-order valence-electron chi connectivity index (χ2n) is 6.97. The van der Waals surface area contributed by atoms with E-state index in [9.17, 15) is 4.79 Å². The summed E-state index contributed by atoms with van der Waals surface area (Å²) in [6.45, 7) is 3.90. The first kappa shape index (κ1) is 17.9. The van der Waals surface area contributed by atoms with E-state index >= 15 is 0 Å². The van der Waals surface area contributed by atoms with Gasteiger partial charge in [-0.15, -0.1) is 0 Å². The predicted octanol–water partition coefficient (Wildman–Crippen LogP) is 1.79. The van der Waals surface area contributed by atoms with E-state index in [4.69, 9.17) is 9.47 Å². The molecule has 1 amide bonds. The Morgan fingerprint density at radius 2 is 2.00 bits per heavy atom. The van der Waals surface area contributed by atoms with Crippen LogP contribution in [0.25, 0.3) is 0 Å². The Morgan fingerprint density at radius 1 is 1.24 bits per heavy atom. The van der Waals surface area contributed by atoms with E-state index in [1.165, 1.54) is 6.42 Å². The number of ether oxygens (including phenoxy) is 2. The number of amides is 1. The predicted molar refractivity (Wildman–Crippen MR) is 98.5 cm³/mol. The summed E-state index contributed by atoms with van der Waals surface area (Å²) in [5.74, 6) is 2.41. The van der Waals surface area contributed by atoms with Crippen molar-refractivity contribution in [3.63, 3.8) is 0 Å². The number of carbonyl (C=O) groups is 1. The standard InChI is InChI=1S/C19H29N3O3/c1-24-17-9-16(10-18(11-17)25-2)22-8-6-15(13-22)21-19(23)4-3-14-5-7-20-12-14/h9-11,14-15,20H,3-8,12-13H2,1-2H3,(H,21,23). The van der Waals surface area contributed by atoms with Crippen LogP contribution in [-0.2, 0) is 4.79 Å². The van der Waals surface area contributed by atoms with Crippen molar-refractivity contribution in [2.24, 2.45) is 5.92 Å². The van der Waals surface area contributed by atoms with Crippen molar-refractivity contribution >= 4 is 11.6 Å². The molecule has 0 radical (unpaired) electrons. The summed E-state index contributed by atoms with van der Waals surface area (Å²) < 4.78 is 10.7. The maximum absolute atomic E-state index is 12.2. The highest BCUT2D eigenvalue weighted by molar-refractivity contribution is 5.76. The number of nitrogens with one attached hydrogen (secondary N) is 2. The van der Waals surface area contributed by atoms with Crippen LogP contribution < -0.4 is 25.0 Å². The summed E-state index contributed by atoms with van der Waals surface area (Å²) >= 11 is 0. The smallest absolute Gasteiger partial charge is 0.220 e. The third-order valence-corrected chi connectivity index (χ3v) is 5.20. The topological polar surface area (TPSA) is 62.8 Å². The van der Waals surface area contributed by atoms with Crippen molar-refractivity contribution in [2.75, 3.05) is 45.3 Å². The summed E-state index contributed by atoms with van der Waals surface area (Å²) in [7, 11) is 3.32. The molecule has 2 fully saturated rings. The monoisotopic (exact) mass is 347 g/mol. The zero-order chi connectivity index (χ0) is 17.6. The first-order valence-corrected chi connectivity index (χ1v) is 9.16. The number of methoxy groups -OCH3 is 2. The van der Waals surface area contributed by atoms with Crippen LogP contribution in [0.4, 0.5) is 5.69 Å². The van der Waals surface area contributed by atoms with Gasteiger partial charge in [0, 0.05) is 49.4 Å². The maximum atomic E-state index is 12.2. The molecule has 6 nitrogen and oxygen atoms in total. The summed E-state index contributed by atoms with van der Waals surface area (Å²) in [6.07, 6.45) is 3.79. The first-order valence-electron chi connectivity index (χ1n) is 9.16. The minimum atomic E-state index is 0.182. The number of anilines is 1. The normalized spacial score (nSPS) is 22.9. The fourth-order valence-electron chi connectivity index (χ4n) is 3.68. The number of nitrogens with zero attached hydrogens (tertiary/aromatic N) is 1. The highest BCUT2D eigenvalue weighted by atomic mass is 16.5. The van der Waals surface area contributed by atoms with Crippen LogP contribution in [0, 0.1) is 5.92 Å². The van der Waals surface area contributed by atoms with Crippen molar-refractivity contribution in [3.8, 4) is 11.5 Å². The van der Waals surface area contributed by atoms with Gasteiger partial charge in [0.15, 0.2) is 0 Å². The fourth-order valence-corrected chi connectivity index (χ4v) is 3.68. The van der Waals surface area contributed by atoms with E-state index in [1.807, 2.05) is 18.2 Å². The van der Waals surface area contributed by atoms with Crippen molar-refractivity contribution in [1.82, 2.24) is 10.6 Å². The molecule has 2 aliphatic rings. The van der Waals surface area contributed by atoms with Gasteiger partial charge in [0.25, 0.3) is 0 Å². The largest absolute Gasteiger partial charge is 0.497 e. The van der Waals surface area contributed by atoms with Crippen LogP contribution in [0.2, 0.25) is 0 Å². The quantitative estimate of drug-likeness (QED) is 0.787. The second kappa shape index (κ2) is 8.43. The van der Waals surface area contributed by atoms with E-state index in [0.29, 0.717) is 12.3 Å². The summed E-state index contributed by atoms with van der Waals surface area (Å²) in [5.41, 5.74) is 1.07. The van der Waals surface area contributed by atoms with E-state index in [0.717, 1.165) is 56.2 Å². The zero-order valence-electron chi connectivity index (χ0n) is 15.2. The van der Waals surface area contributed by atoms with Gasteiger partial charge in [0.05, 0.1) is 14.2 Å². The molecule has 25 heavy (non-hydrogen) atoms. The Hall–Kier alpha value is -1.95. The SMILES string of the molecule is COc1cc(OC)cc(N2CCC(NC(=O)CCC3CCNC3)C2)c1. The number of hydrogen-bond donors (Lipinski definition) is 2. The molecule has 1 aromatic rings. The third kappa shape index (κ3) is 4.78. The van der Waals surface area contributed by atoms with Crippen LogP contribution in [0.3, 0.4) is 0 Å². The van der Waals surface area contributed by atoms with Crippen molar-refractivity contribution < 1.29 is 14.3 Å². The average Bonchev–Trinajstić information content (AvgIpc) is 3.31. The Labute approximate surface area is 149 Å². The molecule has 0 spiro atoms. The molecular weight excluding hydrogens is 318 g/mol. The Bertz CT molecular complexity index is 565. The van der Waals surface area contributed by atoms with Crippen LogP contribution >= 0.6 is 0 Å². The molecule has 2 heterocycles. The van der Waals surface area contributed by atoms with Crippen molar-refractivity contribution in [3.05, 3.63) is 18.2 Å². The minimum Gasteiger partial charge on any atom is -0.497 e. The molecule has 2 atom stereocenters. The van der Waals surface area contributed by atoms with Gasteiger partial charge in [0.1, 0.15) is 11.5 Å². The van der Waals surface area contributed by atoms with Crippen molar-refractivity contribution in [2.45, 2.75) is 31.7 Å². The van der Waals surface area contributed by atoms with Gasteiger partial charge in [-0.3, -0.25) is 4.79 Å². The van der Waals surface area contributed by atoms with E-state index in [1.54, 1.807) is 14.2 Å². The number of rotatable bonds is 7. The number of carbonyl (C=O) groups excluding carboxylic acids is 1. The lowest BCUT2D eigenvalue weighted by atomic mass is 10.0. The van der Waals surface area contributed by atoms with Gasteiger partial charge >= 0.3 is 0 Å². The maximum Gasteiger partial charge on any atom is 0.220 e. The lowest BCUT2D eigenvalue weighted by Gasteiger charge is -2.20. The van der Waals surface area contributed by atoms with E-state index in [-0.39, 0.29) is 11.9 Å². The van der Waals surface area contributed by atoms with Gasteiger partial charge in [-0.2, -0.15) is 0 Å². The highest BCUT2D eigenvalue weighted by Crippen LogP contribution is 2.30. The Balaban J connectivity index is 1.50.